The molecule has 0 radical (unpaired) electrons. The summed E-state index contributed by atoms with van der Waals surface area (Å²) in [6, 6.07) is 20.7. The smallest absolute Gasteiger partial charge is 0.0307 e. The van der Waals surface area contributed by atoms with E-state index in [4.69, 9.17) is 0 Å². The minimum atomic E-state index is 0. The van der Waals surface area contributed by atoms with Crippen molar-refractivity contribution in [3.63, 3.8) is 0 Å². The molecule has 0 atom stereocenters. The minimum Gasteiger partial charge on any atom is -0.0776 e. The molecule has 0 heterocycles. The van der Waals surface area contributed by atoms with Gasteiger partial charge in [-0.3, -0.25) is 0 Å². The predicted molar refractivity (Wildman–Crippen MR) is 80.5 cm³/mol. The molecule has 0 bridgehead atoms. The third-order valence-electron chi connectivity index (χ3n) is 2.19. The van der Waals surface area contributed by atoms with Crippen molar-refractivity contribution in [1.29, 1.82) is 0 Å². The van der Waals surface area contributed by atoms with Crippen molar-refractivity contribution in [2.24, 2.45) is 0 Å². The van der Waals surface area contributed by atoms with Crippen molar-refractivity contribution in [2.75, 3.05) is 0 Å². The summed E-state index contributed by atoms with van der Waals surface area (Å²) in [5, 5.41) is 0. The van der Waals surface area contributed by atoms with E-state index >= 15 is 0 Å². The molecule has 0 saturated heterocycles. The van der Waals surface area contributed by atoms with E-state index in [-0.39, 0.29) is 14.9 Å². The van der Waals surface area contributed by atoms with E-state index in [9.17, 15) is 0 Å². The Morgan fingerprint density at radius 2 is 1.12 bits per heavy atom. The second-order valence-electron chi connectivity index (χ2n) is 3.49. The molecule has 0 aliphatic heterocycles. The van der Waals surface area contributed by atoms with Gasteiger partial charge in [-0.15, -0.1) is 0 Å². The van der Waals surface area contributed by atoms with Crippen molar-refractivity contribution in [3.8, 4) is 0 Å². The highest BCUT2D eigenvalue weighted by molar-refractivity contribution is 5.14. The average molecular weight is 230 g/mol. The lowest BCUT2D eigenvalue weighted by Crippen LogP contribution is -1.73. The number of benzene rings is 2. The molecule has 0 unspecified atom stereocenters. The van der Waals surface area contributed by atoms with Crippen LogP contribution < -0.4 is 0 Å². The molecule has 2 rings (SSSR count). The van der Waals surface area contributed by atoms with Crippen molar-refractivity contribution in [1.82, 2.24) is 0 Å². The van der Waals surface area contributed by atoms with Crippen molar-refractivity contribution in [2.45, 2.75) is 35.1 Å². The lowest BCUT2D eigenvalue weighted by Gasteiger charge is -1.89. The Morgan fingerprint density at radius 3 is 1.35 bits per heavy atom. The molecule has 94 valence electrons. The van der Waals surface area contributed by atoms with Crippen LogP contribution in [0.1, 0.15) is 32.9 Å². The molecule has 0 saturated carbocycles. The summed E-state index contributed by atoms with van der Waals surface area (Å²) in [7, 11) is 0. The molecule has 0 aliphatic rings. The fourth-order valence-electron chi connectivity index (χ4n) is 1.25. The second-order valence-corrected chi connectivity index (χ2v) is 3.49. The first kappa shape index (κ1) is 17.8. The zero-order valence-electron chi connectivity index (χ0n) is 9.48. The highest BCUT2D eigenvalue weighted by atomic mass is 13.9. The first-order chi connectivity index (χ1) is 7.33. The number of hydrogen-bond acceptors (Lipinski definition) is 0. The van der Waals surface area contributed by atoms with Crippen molar-refractivity contribution < 1.29 is 0 Å². The molecular formula is C17H26. The molecule has 0 N–H and O–H groups in total. The number of aryl methyl sites for hydroxylation is 2. The Labute approximate surface area is 107 Å². The standard InChI is InChI=1S/C8H10.C7H8.2CH4/c1-2-8-6-4-3-5-7-8;1-7-5-3-2-4-6-7;;/h3-7H,2H2,1H3;2-6H,1H3;2*1H4. The first-order valence-corrected chi connectivity index (χ1v) is 5.38. The fourth-order valence-corrected chi connectivity index (χ4v) is 1.25. The van der Waals surface area contributed by atoms with Crippen molar-refractivity contribution >= 4 is 0 Å². The summed E-state index contributed by atoms with van der Waals surface area (Å²) in [5.41, 5.74) is 2.73. The maximum atomic E-state index is 2.16. The predicted octanol–water partition coefficient (Wildman–Crippen LogP) is 5.52. The topological polar surface area (TPSA) is 0 Å². The van der Waals surface area contributed by atoms with Gasteiger partial charge in [0.15, 0.2) is 0 Å². The Kier molecular flexibility index (Phi) is 11.5. The third kappa shape index (κ3) is 8.27. The highest BCUT2D eigenvalue weighted by Gasteiger charge is 1.79. The van der Waals surface area contributed by atoms with Gasteiger partial charge in [0.05, 0.1) is 0 Å². The van der Waals surface area contributed by atoms with Gasteiger partial charge in [-0.1, -0.05) is 88.0 Å². The van der Waals surface area contributed by atoms with Crippen LogP contribution in [0.4, 0.5) is 0 Å². The van der Waals surface area contributed by atoms with E-state index in [1.54, 1.807) is 0 Å². The van der Waals surface area contributed by atoms with E-state index in [0.717, 1.165) is 6.42 Å². The first-order valence-electron chi connectivity index (χ1n) is 5.38. The van der Waals surface area contributed by atoms with E-state index in [1.807, 2.05) is 24.3 Å². The maximum absolute atomic E-state index is 2.16. The molecule has 0 amide bonds. The Hall–Kier alpha value is -1.56. The van der Waals surface area contributed by atoms with Crippen LogP contribution in [0.25, 0.3) is 0 Å². The van der Waals surface area contributed by atoms with E-state index in [1.165, 1.54) is 11.1 Å². The lowest BCUT2D eigenvalue weighted by atomic mass is 10.2. The summed E-state index contributed by atoms with van der Waals surface area (Å²) in [6.07, 6.45) is 1.14. The van der Waals surface area contributed by atoms with Crippen LogP contribution >= 0.6 is 0 Å². The van der Waals surface area contributed by atoms with Gasteiger partial charge >= 0.3 is 0 Å². The van der Waals surface area contributed by atoms with Gasteiger partial charge in [-0.05, 0) is 18.9 Å². The van der Waals surface area contributed by atoms with Gasteiger partial charge in [0.2, 0.25) is 0 Å². The van der Waals surface area contributed by atoms with E-state index < -0.39 is 0 Å². The Balaban J connectivity index is 0. The van der Waals surface area contributed by atoms with E-state index in [2.05, 4.69) is 50.2 Å². The van der Waals surface area contributed by atoms with Crippen LogP contribution in [0, 0.1) is 6.92 Å². The Morgan fingerprint density at radius 1 is 0.706 bits per heavy atom. The molecule has 0 heteroatoms. The van der Waals surface area contributed by atoms with Crippen LogP contribution in [0.2, 0.25) is 0 Å². The monoisotopic (exact) mass is 230 g/mol. The van der Waals surface area contributed by atoms with Crippen LogP contribution in [0.15, 0.2) is 60.7 Å². The molecule has 17 heavy (non-hydrogen) atoms. The van der Waals surface area contributed by atoms with Crippen LogP contribution in [0.5, 0.6) is 0 Å². The van der Waals surface area contributed by atoms with Gasteiger partial charge in [0, 0.05) is 0 Å². The van der Waals surface area contributed by atoms with Gasteiger partial charge in [0.25, 0.3) is 0 Å². The molecule has 0 fully saturated rings. The van der Waals surface area contributed by atoms with Crippen LogP contribution in [-0.4, -0.2) is 0 Å². The minimum absolute atomic E-state index is 0. The van der Waals surface area contributed by atoms with Crippen LogP contribution in [-0.2, 0) is 6.42 Å². The molecule has 0 nitrogen and oxygen atoms in total. The summed E-state index contributed by atoms with van der Waals surface area (Å²) >= 11 is 0. The summed E-state index contributed by atoms with van der Waals surface area (Å²) in [5.74, 6) is 0. The normalized spacial score (nSPS) is 7.88. The molecule has 0 aromatic heterocycles. The number of hydrogen-bond donors (Lipinski definition) is 0. The molecule has 0 spiro atoms. The van der Waals surface area contributed by atoms with E-state index in [0.29, 0.717) is 0 Å². The zero-order valence-corrected chi connectivity index (χ0v) is 9.48. The highest BCUT2D eigenvalue weighted by Crippen LogP contribution is 1.96. The average Bonchev–Trinajstić information content (AvgIpc) is 2.32. The lowest BCUT2D eigenvalue weighted by molar-refractivity contribution is 1.14. The zero-order chi connectivity index (χ0) is 10.9. The number of rotatable bonds is 1. The summed E-state index contributed by atoms with van der Waals surface area (Å²) in [4.78, 5) is 0. The largest absolute Gasteiger partial charge is 0.0776 e. The molecule has 2 aromatic carbocycles. The SMILES string of the molecule is C.C.CCc1ccccc1.Cc1ccccc1. The summed E-state index contributed by atoms with van der Waals surface area (Å²) < 4.78 is 0. The quantitative estimate of drug-likeness (QED) is 0.605. The molecular weight excluding hydrogens is 204 g/mol. The fraction of sp³-hybridized carbons (Fsp3) is 0.294. The maximum Gasteiger partial charge on any atom is -0.0307 e. The third-order valence-corrected chi connectivity index (χ3v) is 2.19. The Bertz CT molecular complexity index is 348. The van der Waals surface area contributed by atoms with Gasteiger partial charge < -0.3 is 0 Å². The van der Waals surface area contributed by atoms with Gasteiger partial charge in [-0.25, -0.2) is 0 Å². The molecule has 2 aromatic rings. The van der Waals surface area contributed by atoms with Gasteiger partial charge in [0.1, 0.15) is 0 Å². The second kappa shape index (κ2) is 10.9. The molecule has 0 aliphatic carbocycles. The summed E-state index contributed by atoms with van der Waals surface area (Å²) in [6.45, 7) is 4.25. The van der Waals surface area contributed by atoms with Crippen LogP contribution in [0.3, 0.4) is 0 Å². The van der Waals surface area contributed by atoms with Crippen molar-refractivity contribution in [3.05, 3.63) is 71.8 Å². The van der Waals surface area contributed by atoms with Gasteiger partial charge in [-0.2, -0.15) is 0 Å².